The molecule has 2 aromatic rings. The number of benzene rings is 1. The number of aromatic nitrogens is 2. The summed E-state index contributed by atoms with van der Waals surface area (Å²) in [6.07, 6.45) is 0. The van der Waals surface area contributed by atoms with Crippen molar-refractivity contribution in [2.45, 2.75) is 13.8 Å². The lowest BCUT2D eigenvalue weighted by Crippen LogP contribution is -2.23. The van der Waals surface area contributed by atoms with Gasteiger partial charge in [-0.3, -0.25) is 4.79 Å². The molecule has 0 saturated carbocycles. The number of anilines is 1. The van der Waals surface area contributed by atoms with Crippen molar-refractivity contribution in [2.24, 2.45) is 0 Å². The Morgan fingerprint density at radius 1 is 1.50 bits per heavy atom. The van der Waals surface area contributed by atoms with Crippen molar-refractivity contribution >= 4 is 11.6 Å². The van der Waals surface area contributed by atoms with Gasteiger partial charge < -0.3 is 15.6 Å². The monoisotopic (exact) mass is 246 g/mol. The van der Waals surface area contributed by atoms with Gasteiger partial charge in [0, 0.05) is 12.2 Å². The van der Waals surface area contributed by atoms with Crippen molar-refractivity contribution in [3.63, 3.8) is 0 Å². The lowest BCUT2D eigenvalue weighted by atomic mass is 10.1. The zero-order valence-electron chi connectivity index (χ0n) is 10.2. The minimum Gasteiger partial charge on any atom is -0.398 e. The Morgan fingerprint density at radius 2 is 2.28 bits per heavy atom. The molecule has 0 atom stereocenters. The number of nitrogens with zero attached hydrogens (tertiary/aromatic N) is 2. The summed E-state index contributed by atoms with van der Waals surface area (Å²) in [5, 5.41) is 6.23. The van der Waals surface area contributed by atoms with Gasteiger partial charge in [0.1, 0.15) is 0 Å². The van der Waals surface area contributed by atoms with E-state index in [0.29, 0.717) is 17.8 Å². The van der Waals surface area contributed by atoms with E-state index in [4.69, 9.17) is 10.3 Å². The van der Waals surface area contributed by atoms with Crippen molar-refractivity contribution in [2.75, 3.05) is 12.3 Å². The topological polar surface area (TPSA) is 94.0 Å². The third kappa shape index (κ3) is 2.17. The van der Waals surface area contributed by atoms with Crippen LogP contribution in [0.2, 0.25) is 0 Å². The summed E-state index contributed by atoms with van der Waals surface area (Å²) in [4.78, 5) is 15.5. The Bertz CT molecular complexity index is 577. The van der Waals surface area contributed by atoms with E-state index in [1.165, 1.54) is 0 Å². The summed E-state index contributed by atoms with van der Waals surface area (Å²) >= 11 is 0. The molecule has 0 aliphatic carbocycles. The van der Waals surface area contributed by atoms with Gasteiger partial charge in [0.2, 0.25) is 0 Å². The van der Waals surface area contributed by atoms with Crippen LogP contribution in [0.4, 0.5) is 5.69 Å². The predicted octanol–water partition coefficient (Wildman–Crippen LogP) is 1.38. The number of nitrogens with one attached hydrogen (secondary N) is 1. The SMILES string of the molecule is CCNC(=O)c1noc(-c2cccc(C)c2N)n1. The van der Waals surface area contributed by atoms with E-state index in [2.05, 4.69) is 15.5 Å². The molecule has 3 N–H and O–H groups in total. The van der Waals surface area contributed by atoms with Gasteiger partial charge in [0.15, 0.2) is 0 Å². The highest BCUT2D eigenvalue weighted by Crippen LogP contribution is 2.26. The maximum Gasteiger partial charge on any atom is 0.292 e. The van der Waals surface area contributed by atoms with Gasteiger partial charge in [-0.15, -0.1) is 0 Å². The number of hydrogen-bond donors (Lipinski definition) is 2. The molecule has 1 amide bonds. The second-order valence-electron chi connectivity index (χ2n) is 3.82. The standard InChI is InChI=1S/C12H14N4O2/c1-3-14-11(17)10-15-12(18-16-10)8-6-4-5-7(2)9(8)13/h4-6H,3,13H2,1-2H3,(H,14,17). The number of hydrogen-bond acceptors (Lipinski definition) is 5. The van der Waals surface area contributed by atoms with E-state index in [1.807, 2.05) is 26.0 Å². The molecule has 1 heterocycles. The molecule has 94 valence electrons. The number of nitrogen functional groups attached to an aromatic ring is 1. The Balaban J connectivity index is 2.35. The lowest BCUT2D eigenvalue weighted by molar-refractivity contribution is 0.0942. The van der Waals surface area contributed by atoms with E-state index >= 15 is 0 Å². The third-order valence-corrected chi connectivity index (χ3v) is 2.52. The van der Waals surface area contributed by atoms with Gasteiger partial charge in [-0.05, 0) is 25.5 Å². The van der Waals surface area contributed by atoms with Crippen LogP contribution in [0, 0.1) is 6.92 Å². The van der Waals surface area contributed by atoms with E-state index < -0.39 is 0 Å². The first-order valence-corrected chi connectivity index (χ1v) is 5.60. The smallest absolute Gasteiger partial charge is 0.292 e. The molecule has 1 aromatic carbocycles. The summed E-state index contributed by atoms with van der Waals surface area (Å²) in [6, 6.07) is 5.51. The van der Waals surface area contributed by atoms with E-state index in [1.54, 1.807) is 6.07 Å². The fourth-order valence-corrected chi connectivity index (χ4v) is 1.53. The largest absolute Gasteiger partial charge is 0.398 e. The van der Waals surface area contributed by atoms with Gasteiger partial charge in [-0.25, -0.2) is 0 Å². The van der Waals surface area contributed by atoms with E-state index in [-0.39, 0.29) is 17.6 Å². The number of carbonyl (C=O) groups excluding carboxylic acids is 1. The minimum absolute atomic E-state index is 0.00718. The number of para-hydroxylation sites is 1. The first-order chi connectivity index (χ1) is 8.63. The lowest BCUT2D eigenvalue weighted by Gasteiger charge is -2.02. The van der Waals surface area contributed by atoms with Gasteiger partial charge in [0.05, 0.1) is 5.56 Å². The Kier molecular flexibility index (Phi) is 3.27. The van der Waals surface area contributed by atoms with Crippen LogP contribution in [0.5, 0.6) is 0 Å². The van der Waals surface area contributed by atoms with Crippen LogP contribution >= 0.6 is 0 Å². The minimum atomic E-state index is -0.362. The van der Waals surface area contributed by atoms with Gasteiger partial charge >= 0.3 is 0 Å². The van der Waals surface area contributed by atoms with Crippen LogP contribution in [-0.4, -0.2) is 22.6 Å². The molecule has 6 nitrogen and oxygen atoms in total. The van der Waals surface area contributed by atoms with E-state index in [0.717, 1.165) is 5.56 Å². The quantitative estimate of drug-likeness (QED) is 0.798. The van der Waals surface area contributed by atoms with Crippen LogP contribution in [-0.2, 0) is 0 Å². The second kappa shape index (κ2) is 4.87. The highest BCUT2D eigenvalue weighted by Gasteiger charge is 2.16. The van der Waals surface area contributed by atoms with Crippen LogP contribution < -0.4 is 11.1 Å². The number of amides is 1. The van der Waals surface area contributed by atoms with Crippen LogP contribution in [0.25, 0.3) is 11.5 Å². The average molecular weight is 246 g/mol. The first kappa shape index (κ1) is 12.1. The first-order valence-electron chi connectivity index (χ1n) is 5.60. The highest BCUT2D eigenvalue weighted by molar-refractivity contribution is 5.90. The molecule has 2 rings (SSSR count). The van der Waals surface area contributed by atoms with Gasteiger partial charge in [0.25, 0.3) is 17.6 Å². The fraction of sp³-hybridized carbons (Fsp3) is 0.250. The third-order valence-electron chi connectivity index (χ3n) is 2.52. The molecule has 6 heteroatoms. The molecule has 0 radical (unpaired) electrons. The number of aryl methyl sites for hydroxylation is 1. The summed E-state index contributed by atoms with van der Waals surface area (Å²) < 4.78 is 5.05. The zero-order valence-corrected chi connectivity index (χ0v) is 10.2. The maximum absolute atomic E-state index is 11.5. The molecule has 0 fully saturated rings. The Labute approximate surface area is 104 Å². The number of carbonyl (C=O) groups is 1. The molecule has 18 heavy (non-hydrogen) atoms. The van der Waals surface area contributed by atoms with Crippen LogP contribution in [0.15, 0.2) is 22.7 Å². The molecule has 0 bridgehead atoms. The molecular formula is C12H14N4O2. The summed E-state index contributed by atoms with van der Waals surface area (Å²) in [6.45, 7) is 4.21. The number of nitrogens with two attached hydrogens (primary N) is 1. The summed E-state index contributed by atoms with van der Waals surface area (Å²) in [7, 11) is 0. The molecule has 0 aliphatic rings. The molecule has 0 aliphatic heterocycles. The van der Waals surface area contributed by atoms with Gasteiger partial charge in [-0.1, -0.05) is 17.3 Å². The zero-order chi connectivity index (χ0) is 13.1. The maximum atomic E-state index is 11.5. The van der Waals surface area contributed by atoms with Crippen LogP contribution in [0.3, 0.4) is 0 Å². The number of rotatable bonds is 3. The van der Waals surface area contributed by atoms with Crippen molar-refractivity contribution in [3.05, 3.63) is 29.6 Å². The second-order valence-corrected chi connectivity index (χ2v) is 3.82. The Hall–Kier alpha value is -2.37. The molecule has 0 spiro atoms. The normalized spacial score (nSPS) is 10.3. The fourth-order valence-electron chi connectivity index (χ4n) is 1.53. The highest BCUT2D eigenvalue weighted by atomic mass is 16.5. The molecular weight excluding hydrogens is 232 g/mol. The molecule has 1 aromatic heterocycles. The molecule has 0 saturated heterocycles. The molecule has 0 unspecified atom stereocenters. The average Bonchev–Trinajstić information content (AvgIpc) is 2.82. The predicted molar refractivity (Wildman–Crippen MR) is 66.9 cm³/mol. The van der Waals surface area contributed by atoms with Crippen molar-refractivity contribution < 1.29 is 9.32 Å². The van der Waals surface area contributed by atoms with E-state index in [9.17, 15) is 4.79 Å². The van der Waals surface area contributed by atoms with Gasteiger partial charge in [-0.2, -0.15) is 4.98 Å². The van der Waals surface area contributed by atoms with Crippen LogP contribution in [0.1, 0.15) is 23.1 Å². The van der Waals surface area contributed by atoms with Crippen molar-refractivity contribution in [1.82, 2.24) is 15.5 Å². The summed E-state index contributed by atoms with van der Waals surface area (Å²) in [5.41, 5.74) is 8.06. The van der Waals surface area contributed by atoms with Crippen molar-refractivity contribution in [3.8, 4) is 11.5 Å². The van der Waals surface area contributed by atoms with Crippen molar-refractivity contribution in [1.29, 1.82) is 0 Å². The Morgan fingerprint density at radius 3 is 3.00 bits per heavy atom. The summed E-state index contributed by atoms with van der Waals surface area (Å²) in [5.74, 6) is -0.107.